The Morgan fingerprint density at radius 1 is 0.378 bits per heavy atom. The molecule has 0 radical (unpaired) electrons. The van der Waals surface area contributed by atoms with Crippen molar-refractivity contribution in [2.24, 2.45) is 0 Å². The van der Waals surface area contributed by atoms with Crippen molar-refractivity contribution in [2.75, 3.05) is 13.2 Å². The van der Waals surface area contributed by atoms with Gasteiger partial charge in [0.05, 0.1) is 25.4 Å². The summed E-state index contributed by atoms with van der Waals surface area (Å²) in [6.45, 7) is 4.94. The zero-order valence-corrected chi connectivity index (χ0v) is 50.1. The Morgan fingerprint density at radius 3 is 1.07 bits per heavy atom. The third-order valence-electron chi connectivity index (χ3n) is 15.8. The van der Waals surface area contributed by atoms with E-state index < -0.39 is 12.1 Å². The van der Waals surface area contributed by atoms with Crippen LogP contribution in [0.1, 0.15) is 373 Å². The molecule has 3 N–H and O–H groups in total. The van der Waals surface area contributed by atoms with E-state index in [9.17, 15) is 19.8 Å². The number of hydrogen-bond acceptors (Lipinski definition) is 5. The van der Waals surface area contributed by atoms with Crippen LogP contribution in [0.25, 0.3) is 0 Å². The molecule has 0 aromatic carbocycles. The molecule has 1 amide bonds. The zero-order chi connectivity index (χ0) is 53.6. The van der Waals surface area contributed by atoms with Crippen molar-refractivity contribution in [1.29, 1.82) is 0 Å². The van der Waals surface area contributed by atoms with Crippen LogP contribution >= 0.6 is 0 Å². The van der Waals surface area contributed by atoms with E-state index in [1.165, 1.54) is 289 Å². The number of amides is 1. The molecule has 438 valence electrons. The Labute approximate surface area is 462 Å². The van der Waals surface area contributed by atoms with E-state index in [1.807, 2.05) is 0 Å². The quantitative estimate of drug-likeness (QED) is 0.0320. The van der Waals surface area contributed by atoms with E-state index in [-0.39, 0.29) is 18.5 Å². The molecule has 2 unspecified atom stereocenters. The van der Waals surface area contributed by atoms with E-state index in [2.05, 4.69) is 43.5 Å². The number of carbonyl (C=O) groups is 2. The van der Waals surface area contributed by atoms with Crippen LogP contribution in [-0.4, -0.2) is 47.4 Å². The van der Waals surface area contributed by atoms with Gasteiger partial charge in [-0.3, -0.25) is 9.59 Å². The van der Waals surface area contributed by atoms with Crippen LogP contribution in [0.2, 0.25) is 0 Å². The molecule has 0 bridgehead atoms. The van der Waals surface area contributed by atoms with Gasteiger partial charge in [-0.2, -0.15) is 0 Å². The van der Waals surface area contributed by atoms with E-state index >= 15 is 0 Å². The number of unbranched alkanes of at least 4 members (excludes halogenated alkanes) is 48. The maximum Gasteiger partial charge on any atom is 0.305 e. The smallest absolute Gasteiger partial charge is 0.305 e. The highest BCUT2D eigenvalue weighted by molar-refractivity contribution is 5.76. The average molecular weight is 1040 g/mol. The molecular weight excluding hydrogens is 911 g/mol. The van der Waals surface area contributed by atoms with E-state index in [0.717, 1.165) is 51.4 Å². The van der Waals surface area contributed by atoms with Gasteiger partial charge in [0.25, 0.3) is 0 Å². The third kappa shape index (κ3) is 59.6. The first-order valence-electron chi connectivity index (χ1n) is 33.6. The van der Waals surface area contributed by atoms with Crippen LogP contribution in [0.4, 0.5) is 0 Å². The minimum Gasteiger partial charge on any atom is -0.466 e. The van der Waals surface area contributed by atoms with Crippen molar-refractivity contribution in [2.45, 2.75) is 386 Å². The van der Waals surface area contributed by atoms with E-state index in [1.54, 1.807) is 0 Å². The lowest BCUT2D eigenvalue weighted by Crippen LogP contribution is -2.45. The van der Waals surface area contributed by atoms with Crippen LogP contribution in [0.5, 0.6) is 0 Å². The summed E-state index contributed by atoms with van der Waals surface area (Å²) in [6, 6.07) is -0.541. The standard InChI is InChI=1S/C68H131NO5/c1-3-5-7-9-11-13-15-17-19-20-27-30-33-36-40-44-48-52-56-60-66(71)65(64-70)69-67(72)61-57-53-49-45-41-37-34-31-28-25-23-21-22-24-26-29-32-35-39-43-47-51-55-59-63-74-68(73)62-58-54-50-46-42-38-18-16-14-12-10-8-6-4-2/h10,12,16,18,65-66,70-71H,3-9,11,13-15,17,19-64H2,1-2H3,(H,69,72)/b12-10-,18-16-. The van der Waals surface area contributed by atoms with Gasteiger partial charge in [0, 0.05) is 12.8 Å². The van der Waals surface area contributed by atoms with Crippen LogP contribution in [0.3, 0.4) is 0 Å². The Bertz CT molecular complexity index is 1150. The topological polar surface area (TPSA) is 95.9 Å². The first-order chi connectivity index (χ1) is 36.5. The molecule has 0 saturated carbocycles. The zero-order valence-electron chi connectivity index (χ0n) is 50.1. The number of nitrogens with one attached hydrogen (secondary N) is 1. The van der Waals surface area contributed by atoms with Gasteiger partial charge >= 0.3 is 5.97 Å². The summed E-state index contributed by atoms with van der Waals surface area (Å²) in [5, 5.41) is 23.4. The summed E-state index contributed by atoms with van der Waals surface area (Å²) >= 11 is 0. The molecule has 0 heterocycles. The van der Waals surface area contributed by atoms with E-state index in [0.29, 0.717) is 25.9 Å². The number of carbonyl (C=O) groups excluding carboxylic acids is 2. The van der Waals surface area contributed by atoms with Crippen LogP contribution in [0, 0.1) is 0 Å². The SMILES string of the molecule is CCCC/C=C\C/C=C\CCCCCCCC(=O)OCCCCCCCCCCCCCCCCCCCCCCCCCCC(=O)NC(CO)C(O)CCCCCCCCCCCCCCCCCCCCC. The van der Waals surface area contributed by atoms with E-state index in [4.69, 9.17) is 4.74 Å². The lowest BCUT2D eigenvalue weighted by molar-refractivity contribution is -0.143. The molecule has 6 heteroatoms. The van der Waals surface area contributed by atoms with Gasteiger partial charge in [-0.25, -0.2) is 0 Å². The molecule has 0 saturated heterocycles. The highest BCUT2D eigenvalue weighted by atomic mass is 16.5. The van der Waals surface area contributed by atoms with Crippen molar-refractivity contribution in [3.63, 3.8) is 0 Å². The van der Waals surface area contributed by atoms with Crippen LogP contribution in [0.15, 0.2) is 24.3 Å². The average Bonchev–Trinajstić information content (AvgIpc) is 3.40. The molecule has 0 aromatic rings. The number of esters is 1. The number of ether oxygens (including phenoxy) is 1. The minimum atomic E-state index is -0.664. The number of aliphatic hydroxyl groups is 2. The van der Waals surface area contributed by atoms with Gasteiger partial charge in [-0.15, -0.1) is 0 Å². The molecular formula is C68H131NO5. The second-order valence-corrected chi connectivity index (χ2v) is 23.2. The van der Waals surface area contributed by atoms with Crippen molar-refractivity contribution in [3.05, 3.63) is 24.3 Å². The maximum absolute atomic E-state index is 12.5. The fourth-order valence-electron chi connectivity index (χ4n) is 10.6. The molecule has 2 atom stereocenters. The first kappa shape index (κ1) is 72.3. The lowest BCUT2D eigenvalue weighted by atomic mass is 10.0. The molecule has 0 spiro atoms. The number of rotatable bonds is 63. The van der Waals surface area contributed by atoms with Crippen LogP contribution in [-0.2, 0) is 14.3 Å². The molecule has 0 aliphatic rings. The Balaban J connectivity index is 3.37. The monoisotopic (exact) mass is 1040 g/mol. The van der Waals surface area contributed by atoms with Gasteiger partial charge in [0.2, 0.25) is 5.91 Å². The molecule has 0 aliphatic heterocycles. The summed E-state index contributed by atoms with van der Waals surface area (Å²) < 4.78 is 5.48. The van der Waals surface area contributed by atoms with Gasteiger partial charge in [0.1, 0.15) is 0 Å². The second kappa shape index (κ2) is 63.9. The van der Waals surface area contributed by atoms with Gasteiger partial charge in [0.15, 0.2) is 0 Å². The van der Waals surface area contributed by atoms with Crippen molar-refractivity contribution < 1.29 is 24.5 Å². The summed E-state index contributed by atoms with van der Waals surface area (Å²) in [7, 11) is 0. The third-order valence-corrected chi connectivity index (χ3v) is 15.8. The fraction of sp³-hybridized carbons (Fsp3) is 0.912. The Hall–Kier alpha value is -1.66. The van der Waals surface area contributed by atoms with Crippen LogP contribution < -0.4 is 5.32 Å². The largest absolute Gasteiger partial charge is 0.466 e. The highest BCUT2D eigenvalue weighted by Gasteiger charge is 2.20. The molecule has 74 heavy (non-hydrogen) atoms. The number of allylic oxidation sites excluding steroid dienone is 4. The van der Waals surface area contributed by atoms with Crippen molar-refractivity contribution in [1.82, 2.24) is 5.32 Å². The summed E-state index contributed by atoms with van der Waals surface area (Å²) in [6.07, 6.45) is 79.2. The molecule has 0 rings (SSSR count). The maximum atomic E-state index is 12.5. The fourth-order valence-corrected chi connectivity index (χ4v) is 10.6. The minimum absolute atomic E-state index is 0.00147. The Morgan fingerprint density at radius 2 is 0.689 bits per heavy atom. The normalized spacial score (nSPS) is 12.6. The summed E-state index contributed by atoms with van der Waals surface area (Å²) in [5.41, 5.74) is 0. The summed E-state index contributed by atoms with van der Waals surface area (Å²) in [4.78, 5) is 24.6. The molecule has 0 aromatic heterocycles. The summed E-state index contributed by atoms with van der Waals surface area (Å²) in [5.74, 6) is -0.0288. The predicted molar refractivity (Wildman–Crippen MR) is 324 cm³/mol. The number of aliphatic hydroxyl groups excluding tert-OH is 2. The molecule has 0 fully saturated rings. The van der Waals surface area contributed by atoms with Gasteiger partial charge in [-0.1, -0.05) is 334 Å². The number of hydrogen-bond donors (Lipinski definition) is 3. The van der Waals surface area contributed by atoms with Gasteiger partial charge < -0.3 is 20.3 Å². The van der Waals surface area contributed by atoms with Crippen molar-refractivity contribution >= 4 is 11.9 Å². The Kier molecular flexibility index (Phi) is 62.4. The molecule has 6 nitrogen and oxygen atoms in total. The van der Waals surface area contributed by atoms with Crippen molar-refractivity contribution in [3.8, 4) is 0 Å². The second-order valence-electron chi connectivity index (χ2n) is 23.2. The lowest BCUT2D eigenvalue weighted by Gasteiger charge is -2.22. The van der Waals surface area contributed by atoms with Gasteiger partial charge in [-0.05, 0) is 51.4 Å². The first-order valence-corrected chi connectivity index (χ1v) is 33.6. The predicted octanol–water partition coefficient (Wildman–Crippen LogP) is 21.4. The molecule has 0 aliphatic carbocycles. The highest BCUT2D eigenvalue weighted by Crippen LogP contribution is 2.19.